The van der Waals surface area contributed by atoms with Gasteiger partial charge < -0.3 is 10.4 Å². The van der Waals surface area contributed by atoms with Gasteiger partial charge in [0, 0.05) is 42.9 Å². The molecule has 23 heavy (non-hydrogen) atoms. The van der Waals surface area contributed by atoms with Crippen LogP contribution in [0.1, 0.15) is 18.9 Å². The van der Waals surface area contributed by atoms with E-state index in [0.29, 0.717) is 11.6 Å². The fourth-order valence-electron chi connectivity index (χ4n) is 2.93. The Morgan fingerprint density at radius 1 is 1.35 bits per heavy atom. The van der Waals surface area contributed by atoms with Crippen LogP contribution in [0.4, 0.5) is 5.69 Å². The molecule has 1 heterocycles. The lowest BCUT2D eigenvalue weighted by atomic mass is 10.1. The molecular weight excluding hydrogens is 314 g/mol. The molecule has 0 bridgehead atoms. The summed E-state index contributed by atoms with van der Waals surface area (Å²) in [5.74, 6) is -0.0157. The van der Waals surface area contributed by atoms with Crippen LogP contribution in [0.2, 0.25) is 5.02 Å². The Morgan fingerprint density at radius 3 is 2.65 bits per heavy atom. The van der Waals surface area contributed by atoms with E-state index < -0.39 is 0 Å². The van der Waals surface area contributed by atoms with Gasteiger partial charge in [0.1, 0.15) is 0 Å². The largest absolute Gasteiger partial charge is 0.395 e. The lowest BCUT2D eigenvalue weighted by molar-refractivity contribution is -0.117. The molecule has 2 rings (SSSR count). The molecule has 128 valence electrons. The van der Waals surface area contributed by atoms with Crippen molar-refractivity contribution in [2.45, 2.75) is 26.3 Å². The van der Waals surface area contributed by atoms with E-state index in [1.165, 1.54) is 0 Å². The van der Waals surface area contributed by atoms with Crippen LogP contribution >= 0.6 is 11.6 Å². The molecule has 1 unspecified atom stereocenters. The lowest BCUT2D eigenvalue weighted by Crippen LogP contribution is -2.52. The molecule has 1 amide bonds. The minimum Gasteiger partial charge on any atom is -0.395 e. The molecule has 0 radical (unpaired) electrons. The van der Waals surface area contributed by atoms with Gasteiger partial charge in [-0.3, -0.25) is 14.6 Å². The number of amides is 1. The first-order valence-corrected chi connectivity index (χ1v) is 8.55. The first kappa shape index (κ1) is 18.2. The number of hydrogen-bond donors (Lipinski definition) is 2. The summed E-state index contributed by atoms with van der Waals surface area (Å²) in [6.07, 6.45) is 0.949. The normalized spacial score (nSPS) is 17.9. The zero-order valence-electron chi connectivity index (χ0n) is 13.9. The monoisotopic (exact) mass is 339 g/mol. The summed E-state index contributed by atoms with van der Waals surface area (Å²) in [7, 11) is 0. The van der Waals surface area contributed by atoms with Crippen molar-refractivity contribution < 1.29 is 9.90 Å². The van der Waals surface area contributed by atoms with Crippen molar-refractivity contribution in [3.63, 3.8) is 0 Å². The van der Waals surface area contributed by atoms with Gasteiger partial charge in [-0.1, -0.05) is 24.6 Å². The molecule has 2 N–H and O–H groups in total. The average molecular weight is 340 g/mol. The van der Waals surface area contributed by atoms with E-state index in [1.54, 1.807) is 0 Å². The predicted molar refractivity (Wildman–Crippen MR) is 94.0 cm³/mol. The number of carbonyl (C=O) groups is 1. The zero-order chi connectivity index (χ0) is 16.8. The van der Waals surface area contributed by atoms with Gasteiger partial charge in [0.05, 0.1) is 13.2 Å². The van der Waals surface area contributed by atoms with E-state index in [2.05, 4.69) is 22.0 Å². The smallest absolute Gasteiger partial charge is 0.238 e. The van der Waals surface area contributed by atoms with Gasteiger partial charge in [0.25, 0.3) is 0 Å². The standard InChI is InChI=1S/C17H26ClN3O2/c1-3-14(12-22)21-9-7-20(8-10-21)11-17(23)19-16-6-4-5-15(18)13(16)2/h4-6,14,22H,3,7-12H2,1-2H3,(H,19,23). The lowest BCUT2D eigenvalue weighted by Gasteiger charge is -2.38. The van der Waals surface area contributed by atoms with Gasteiger partial charge in [0.2, 0.25) is 5.91 Å². The molecule has 1 aliphatic heterocycles. The molecule has 1 atom stereocenters. The van der Waals surface area contributed by atoms with E-state index >= 15 is 0 Å². The van der Waals surface area contributed by atoms with E-state index in [1.807, 2.05) is 25.1 Å². The Labute approximate surface area is 143 Å². The molecule has 0 aromatic heterocycles. The van der Waals surface area contributed by atoms with Crippen LogP contribution in [0.5, 0.6) is 0 Å². The summed E-state index contributed by atoms with van der Waals surface area (Å²) < 4.78 is 0. The predicted octanol–water partition coefficient (Wildman–Crippen LogP) is 1.98. The minimum absolute atomic E-state index is 0.0157. The summed E-state index contributed by atoms with van der Waals surface area (Å²) in [4.78, 5) is 16.7. The van der Waals surface area contributed by atoms with Gasteiger partial charge in [0.15, 0.2) is 0 Å². The van der Waals surface area contributed by atoms with E-state index in [4.69, 9.17) is 11.6 Å². The van der Waals surface area contributed by atoms with Crippen molar-refractivity contribution in [1.82, 2.24) is 9.80 Å². The maximum Gasteiger partial charge on any atom is 0.238 e. The second-order valence-electron chi connectivity index (χ2n) is 6.02. The number of nitrogens with zero attached hydrogens (tertiary/aromatic N) is 2. The second kappa shape index (κ2) is 8.64. The molecule has 1 aliphatic rings. The van der Waals surface area contributed by atoms with Crippen LogP contribution in [-0.2, 0) is 4.79 Å². The number of hydrogen-bond acceptors (Lipinski definition) is 4. The number of carbonyl (C=O) groups excluding carboxylic acids is 1. The summed E-state index contributed by atoms with van der Waals surface area (Å²) in [6, 6.07) is 5.75. The van der Waals surface area contributed by atoms with Crippen molar-refractivity contribution in [2.75, 3.05) is 44.6 Å². The summed E-state index contributed by atoms with van der Waals surface area (Å²) >= 11 is 6.07. The summed E-state index contributed by atoms with van der Waals surface area (Å²) in [5, 5.41) is 13.0. The molecule has 1 saturated heterocycles. The molecule has 6 heteroatoms. The van der Waals surface area contributed by atoms with Gasteiger partial charge in [-0.25, -0.2) is 0 Å². The molecule has 1 aromatic rings. The summed E-state index contributed by atoms with van der Waals surface area (Å²) in [5.41, 5.74) is 1.66. The van der Waals surface area contributed by atoms with Crippen molar-refractivity contribution in [2.24, 2.45) is 0 Å². The van der Waals surface area contributed by atoms with E-state index in [0.717, 1.165) is 43.9 Å². The van der Waals surface area contributed by atoms with Crippen LogP contribution in [0.25, 0.3) is 0 Å². The number of anilines is 1. The number of nitrogens with one attached hydrogen (secondary N) is 1. The molecule has 0 aliphatic carbocycles. The van der Waals surface area contributed by atoms with Crippen molar-refractivity contribution >= 4 is 23.2 Å². The molecule has 1 aromatic carbocycles. The molecule has 0 spiro atoms. The van der Waals surface area contributed by atoms with Crippen LogP contribution < -0.4 is 5.32 Å². The zero-order valence-corrected chi connectivity index (χ0v) is 14.6. The fraction of sp³-hybridized carbons (Fsp3) is 0.588. The molecule has 5 nitrogen and oxygen atoms in total. The molecule has 1 fully saturated rings. The quantitative estimate of drug-likeness (QED) is 0.832. The van der Waals surface area contributed by atoms with Crippen LogP contribution in [0.3, 0.4) is 0 Å². The van der Waals surface area contributed by atoms with Gasteiger partial charge in [-0.05, 0) is 31.0 Å². The van der Waals surface area contributed by atoms with Gasteiger partial charge in [-0.2, -0.15) is 0 Å². The van der Waals surface area contributed by atoms with Gasteiger partial charge in [-0.15, -0.1) is 0 Å². The number of aliphatic hydroxyl groups excluding tert-OH is 1. The number of aliphatic hydroxyl groups is 1. The first-order chi connectivity index (χ1) is 11.0. The molecular formula is C17H26ClN3O2. The third-order valence-corrected chi connectivity index (χ3v) is 4.92. The third-order valence-electron chi connectivity index (χ3n) is 4.51. The van der Waals surface area contributed by atoms with Gasteiger partial charge >= 0.3 is 0 Å². The highest BCUT2D eigenvalue weighted by atomic mass is 35.5. The Bertz CT molecular complexity index is 527. The number of halogens is 1. The highest BCUT2D eigenvalue weighted by Gasteiger charge is 2.23. The van der Waals surface area contributed by atoms with E-state index in [9.17, 15) is 9.90 Å². The topological polar surface area (TPSA) is 55.8 Å². The summed E-state index contributed by atoms with van der Waals surface area (Å²) in [6.45, 7) is 8.05. The second-order valence-corrected chi connectivity index (χ2v) is 6.42. The number of rotatable bonds is 6. The fourth-order valence-corrected chi connectivity index (χ4v) is 3.10. The van der Waals surface area contributed by atoms with Crippen molar-refractivity contribution in [3.8, 4) is 0 Å². The van der Waals surface area contributed by atoms with E-state index in [-0.39, 0.29) is 18.6 Å². The van der Waals surface area contributed by atoms with Crippen LogP contribution in [0.15, 0.2) is 18.2 Å². The maximum atomic E-state index is 12.2. The van der Waals surface area contributed by atoms with Crippen LogP contribution in [0, 0.1) is 6.92 Å². The highest BCUT2D eigenvalue weighted by molar-refractivity contribution is 6.31. The van der Waals surface area contributed by atoms with Crippen molar-refractivity contribution in [3.05, 3.63) is 28.8 Å². The third kappa shape index (κ3) is 4.91. The first-order valence-electron chi connectivity index (χ1n) is 8.17. The maximum absolute atomic E-state index is 12.2. The Balaban J connectivity index is 1.82. The van der Waals surface area contributed by atoms with Crippen LogP contribution in [-0.4, -0.2) is 66.2 Å². The Morgan fingerprint density at radius 2 is 2.04 bits per heavy atom. The minimum atomic E-state index is -0.0157. The average Bonchev–Trinajstić information content (AvgIpc) is 2.54. The SMILES string of the molecule is CCC(CO)N1CCN(CC(=O)Nc2cccc(Cl)c2C)CC1. The molecule has 0 saturated carbocycles. The highest BCUT2D eigenvalue weighted by Crippen LogP contribution is 2.22. The number of benzene rings is 1. The number of piperazine rings is 1. The van der Waals surface area contributed by atoms with Crippen molar-refractivity contribution in [1.29, 1.82) is 0 Å². The Kier molecular flexibility index (Phi) is 6.84. The Hall–Kier alpha value is -1.14.